The van der Waals surface area contributed by atoms with E-state index in [4.69, 9.17) is 23.7 Å². The Morgan fingerprint density at radius 3 is 2.20 bits per heavy atom. The van der Waals surface area contributed by atoms with Crippen molar-refractivity contribution < 1.29 is 36.9 Å². The second kappa shape index (κ2) is 14.6. The summed E-state index contributed by atoms with van der Waals surface area (Å²) < 4.78 is 55.4. The number of carbonyl (C=O) groups excluding carboxylic acids is 1. The Labute approximate surface area is 240 Å². The van der Waals surface area contributed by atoms with Crippen LogP contribution < -0.4 is 33.4 Å². The van der Waals surface area contributed by atoms with Crippen LogP contribution in [0.2, 0.25) is 0 Å². The summed E-state index contributed by atoms with van der Waals surface area (Å²) in [7, 11) is 0.136. The number of anilines is 1. The fraction of sp³-hybridized carbons (Fsp3) is 0.241. The van der Waals surface area contributed by atoms with Gasteiger partial charge in [-0.05, 0) is 67.1 Å². The number of hydrazone groups is 1. The molecule has 0 fully saturated rings. The van der Waals surface area contributed by atoms with Gasteiger partial charge < -0.3 is 23.7 Å². The van der Waals surface area contributed by atoms with Crippen molar-refractivity contribution in [3.63, 3.8) is 0 Å². The topological polar surface area (TPSA) is 125 Å². The Bertz CT molecular complexity index is 1470. The fourth-order valence-corrected chi connectivity index (χ4v) is 5.11. The van der Waals surface area contributed by atoms with E-state index in [-0.39, 0.29) is 16.3 Å². The van der Waals surface area contributed by atoms with Gasteiger partial charge in [0.05, 0.1) is 44.7 Å². The molecule has 0 aliphatic rings. The van der Waals surface area contributed by atoms with Crippen LogP contribution in [0.1, 0.15) is 12.5 Å². The molecule has 0 spiro atoms. The third-order valence-electron chi connectivity index (χ3n) is 5.61. The van der Waals surface area contributed by atoms with Crippen molar-refractivity contribution >= 4 is 27.8 Å². The third-order valence-corrected chi connectivity index (χ3v) is 7.38. The first-order valence-corrected chi connectivity index (χ1v) is 13.9. The van der Waals surface area contributed by atoms with E-state index in [9.17, 15) is 13.2 Å². The molecular weight excluding hydrogens is 550 g/mol. The number of ether oxygens (including phenoxy) is 5. The molecule has 3 rings (SSSR count). The maximum absolute atomic E-state index is 13.8. The molecule has 3 aromatic carbocycles. The highest BCUT2D eigenvalue weighted by Gasteiger charge is 2.28. The van der Waals surface area contributed by atoms with Crippen molar-refractivity contribution in [1.82, 2.24) is 5.43 Å². The zero-order valence-corrected chi connectivity index (χ0v) is 24.1. The summed E-state index contributed by atoms with van der Waals surface area (Å²) in [6, 6.07) is 15.7. The molecule has 1 amide bonds. The van der Waals surface area contributed by atoms with E-state index in [2.05, 4.69) is 17.1 Å². The molecule has 0 atom stereocenters. The summed E-state index contributed by atoms with van der Waals surface area (Å²) in [6.07, 6.45) is 3.02. The molecule has 41 heavy (non-hydrogen) atoms. The van der Waals surface area contributed by atoms with Crippen LogP contribution in [0.25, 0.3) is 0 Å². The normalized spacial score (nSPS) is 11.0. The van der Waals surface area contributed by atoms with Crippen LogP contribution in [-0.4, -0.2) is 61.6 Å². The number of benzene rings is 3. The highest BCUT2D eigenvalue weighted by atomic mass is 32.2. The van der Waals surface area contributed by atoms with Gasteiger partial charge in [-0.2, -0.15) is 5.10 Å². The maximum Gasteiger partial charge on any atom is 0.264 e. The van der Waals surface area contributed by atoms with Crippen molar-refractivity contribution in [2.75, 3.05) is 45.4 Å². The van der Waals surface area contributed by atoms with Gasteiger partial charge in [0.2, 0.25) is 0 Å². The van der Waals surface area contributed by atoms with E-state index in [0.29, 0.717) is 41.8 Å². The summed E-state index contributed by atoms with van der Waals surface area (Å²) in [4.78, 5) is 12.8. The number of nitrogens with one attached hydrogen (secondary N) is 1. The number of amides is 1. The largest absolute Gasteiger partial charge is 0.494 e. The summed E-state index contributed by atoms with van der Waals surface area (Å²) in [5, 5.41) is 3.98. The molecule has 1 N–H and O–H groups in total. The lowest BCUT2D eigenvalue weighted by molar-refractivity contribution is -0.119. The average Bonchev–Trinajstić information content (AvgIpc) is 2.99. The first-order chi connectivity index (χ1) is 19.8. The van der Waals surface area contributed by atoms with E-state index in [1.54, 1.807) is 48.5 Å². The Kier molecular flexibility index (Phi) is 11.0. The Morgan fingerprint density at radius 2 is 1.56 bits per heavy atom. The highest BCUT2D eigenvalue weighted by molar-refractivity contribution is 7.92. The number of carbonyl (C=O) groups is 1. The first kappa shape index (κ1) is 30.8. The minimum Gasteiger partial charge on any atom is -0.494 e. The van der Waals surface area contributed by atoms with E-state index < -0.39 is 22.5 Å². The van der Waals surface area contributed by atoms with Gasteiger partial charge in [0.1, 0.15) is 18.9 Å². The molecule has 0 bridgehead atoms. The molecule has 0 saturated carbocycles. The molecule has 12 heteroatoms. The van der Waals surface area contributed by atoms with Crippen molar-refractivity contribution in [2.45, 2.75) is 11.8 Å². The molecule has 0 unspecified atom stereocenters. The van der Waals surface area contributed by atoms with E-state index >= 15 is 0 Å². The fourth-order valence-electron chi connectivity index (χ4n) is 3.67. The zero-order valence-electron chi connectivity index (χ0n) is 23.3. The molecule has 11 nitrogen and oxygen atoms in total. The SMILES string of the molecule is C=CCOc1ccc(/C=N\NC(=O)CN(c2ccc(OCC)cc2)S(=O)(=O)c2ccc(OC)c(OC)c2)cc1OC. The van der Waals surface area contributed by atoms with Crippen LogP contribution in [0.15, 0.2) is 83.3 Å². The smallest absolute Gasteiger partial charge is 0.264 e. The van der Waals surface area contributed by atoms with E-state index in [0.717, 1.165) is 4.31 Å². The number of methoxy groups -OCH3 is 3. The van der Waals surface area contributed by atoms with Gasteiger partial charge in [-0.1, -0.05) is 12.7 Å². The highest BCUT2D eigenvalue weighted by Crippen LogP contribution is 2.33. The van der Waals surface area contributed by atoms with Gasteiger partial charge in [0, 0.05) is 6.07 Å². The van der Waals surface area contributed by atoms with Crippen molar-refractivity contribution in [3.8, 4) is 28.7 Å². The summed E-state index contributed by atoms with van der Waals surface area (Å²) in [6.45, 7) is 5.67. The van der Waals surface area contributed by atoms with Crippen LogP contribution >= 0.6 is 0 Å². The Hall–Kier alpha value is -4.71. The average molecular weight is 584 g/mol. The molecular formula is C29H33N3O8S. The summed E-state index contributed by atoms with van der Waals surface area (Å²) >= 11 is 0. The molecule has 3 aromatic rings. The zero-order chi connectivity index (χ0) is 29.8. The number of hydrogen-bond acceptors (Lipinski definition) is 9. The summed E-state index contributed by atoms with van der Waals surface area (Å²) in [5.41, 5.74) is 3.26. The van der Waals surface area contributed by atoms with Gasteiger partial charge in [-0.3, -0.25) is 9.10 Å². The predicted molar refractivity (Wildman–Crippen MR) is 156 cm³/mol. The lowest BCUT2D eigenvalue weighted by Gasteiger charge is -2.24. The van der Waals surface area contributed by atoms with Gasteiger partial charge in [-0.25, -0.2) is 13.8 Å². The lowest BCUT2D eigenvalue weighted by Crippen LogP contribution is -2.39. The van der Waals surface area contributed by atoms with Gasteiger partial charge in [-0.15, -0.1) is 0 Å². The van der Waals surface area contributed by atoms with Gasteiger partial charge in [0.25, 0.3) is 15.9 Å². The summed E-state index contributed by atoms with van der Waals surface area (Å²) in [5.74, 6) is 1.49. The second-order valence-corrected chi connectivity index (χ2v) is 10.1. The van der Waals surface area contributed by atoms with E-state index in [1.807, 2.05) is 6.92 Å². The third kappa shape index (κ3) is 7.92. The molecule has 218 valence electrons. The standard InChI is InChI=1S/C29H33N3O8S/c1-6-16-40-26-14-8-21(17-27(26)37-4)19-30-31-29(33)20-32(22-9-11-23(12-10-22)39-7-2)41(34,35)24-13-15-25(36-3)28(18-24)38-5/h6,8-15,17-19H,1,7,16,20H2,2-5H3,(H,31,33)/b30-19-. The van der Waals surface area contributed by atoms with Crippen LogP contribution in [-0.2, 0) is 14.8 Å². The minimum atomic E-state index is -4.22. The molecule has 0 aromatic heterocycles. The molecule has 0 aliphatic carbocycles. The second-order valence-electron chi connectivity index (χ2n) is 8.26. The van der Waals surface area contributed by atoms with Crippen molar-refractivity contribution in [1.29, 1.82) is 0 Å². The van der Waals surface area contributed by atoms with Crippen LogP contribution in [0.3, 0.4) is 0 Å². The van der Waals surface area contributed by atoms with E-state index in [1.165, 1.54) is 45.7 Å². The minimum absolute atomic E-state index is 0.0915. The first-order valence-electron chi connectivity index (χ1n) is 12.5. The monoisotopic (exact) mass is 583 g/mol. The number of sulfonamides is 1. The lowest BCUT2D eigenvalue weighted by atomic mass is 10.2. The predicted octanol–water partition coefficient (Wildman–Crippen LogP) is 4.02. The van der Waals surface area contributed by atoms with Crippen LogP contribution in [0.4, 0.5) is 5.69 Å². The molecule has 0 radical (unpaired) electrons. The quantitative estimate of drug-likeness (QED) is 0.162. The molecule has 0 saturated heterocycles. The Balaban J connectivity index is 1.86. The van der Waals surface area contributed by atoms with Crippen molar-refractivity contribution in [2.24, 2.45) is 5.10 Å². The number of hydrogen-bond donors (Lipinski definition) is 1. The van der Waals surface area contributed by atoms with Crippen molar-refractivity contribution in [3.05, 3.63) is 78.9 Å². The molecule has 0 aliphatic heterocycles. The van der Waals surface area contributed by atoms with Crippen LogP contribution in [0.5, 0.6) is 28.7 Å². The van der Waals surface area contributed by atoms with Crippen LogP contribution in [0, 0.1) is 0 Å². The maximum atomic E-state index is 13.8. The number of rotatable bonds is 15. The van der Waals surface area contributed by atoms with Gasteiger partial charge in [0.15, 0.2) is 23.0 Å². The molecule has 0 heterocycles. The Morgan fingerprint density at radius 1 is 0.902 bits per heavy atom. The number of nitrogens with zero attached hydrogens (tertiary/aromatic N) is 2. The van der Waals surface area contributed by atoms with Gasteiger partial charge >= 0.3 is 0 Å².